The van der Waals surface area contributed by atoms with E-state index in [4.69, 9.17) is 0 Å². The summed E-state index contributed by atoms with van der Waals surface area (Å²) in [6, 6.07) is 14.1. The van der Waals surface area contributed by atoms with Gasteiger partial charge in [-0.2, -0.15) is 0 Å². The number of benzene rings is 1. The van der Waals surface area contributed by atoms with Crippen LogP contribution in [0.1, 0.15) is 5.56 Å². The van der Waals surface area contributed by atoms with Gasteiger partial charge in [0.1, 0.15) is 0 Å². The Balaban J connectivity index is 1.46. The van der Waals surface area contributed by atoms with Gasteiger partial charge in [0.25, 0.3) is 5.56 Å². The van der Waals surface area contributed by atoms with Crippen LogP contribution in [0.2, 0.25) is 0 Å². The second kappa shape index (κ2) is 8.75. The summed E-state index contributed by atoms with van der Waals surface area (Å²) in [5, 5.41) is 8.48. The largest absolute Gasteiger partial charge is 0.334 e. The number of hydrogen-bond acceptors (Lipinski definition) is 4. The zero-order valence-electron chi connectivity index (χ0n) is 15.7. The molecule has 8 nitrogen and oxygen atoms in total. The maximum atomic E-state index is 12.8. The minimum atomic E-state index is -0.327. The second-order valence-electron chi connectivity index (χ2n) is 6.41. The number of pyridine rings is 2. The van der Waals surface area contributed by atoms with Gasteiger partial charge in [-0.3, -0.25) is 14.9 Å². The predicted molar refractivity (Wildman–Crippen MR) is 117 cm³/mol. The fourth-order valence-electron chi connectivity index (χ4n) is 2.85. The van der Waals surface area contributed by atoms with Crippen LogP contribution in [-0.4, -0.2) is 25.8 Å². The number of H-pyrrole nitrogens is 1. The number of hydrogen-bond donors (Lipinski definition) is 3. The minimum Gasteiger partial charge on any atom is -0.334 e. The molecule has 0 saturated carbocycles. The standard InChI is InChI=1S/C21H17BrN6O2/c22-16-3-5-17(6-4-16)27-21(30)25-11-14-7-9-24-19(10-14)28-20(29)18(13-26-28)15-2-1-8-23-12-15/h1-10,12-13,26H,11H2,(H2,25,27,30). The number of urea groups is 1. The number of halogens is 1. The first-order valence-electron chi connectivity index (χ1n) is 9.07. The van der Waals surface area contributed by atoms with Gasteiger partial charge in [-0.1, -0.05) is 22.0 Å². The van der Waals surface area contributed by atoms with Gasteiger partial charge in [0.05, 0.1) is 5.56 Å². The normalized spacial score (nSPS) is 10.6. The van der Waals surface area contributed by atoms with Gasteiger partial charge in [-0.05, 0) is 48.0 Å². The third kappa shape index (κ3) is 4.47. The van der Waals surface area contributed by atoms with Crippen LogP contribution in [-0.2, 0) is 6.54 Å². The first-order valence-corrected chi connectivity index (χ1v) is 9.86. The summed E-state index contributed by atoms with van der Waals surface area (Å²) in [5.74, 6) is 0.433. The van der Waals surface area contributed by atoms with E-state index < -0.39 is 0 Å². The van der Waals surface area contributed by atoms with Gasteiger partial charge in [-0.25, -0.2) is 14.5 Å². The Bertz CT molecular complexity index is 1220. The van der Waals surface area contributed by atoms with Crippen molar-refractivity contribution in [2.24, 2.45) is 0 Å². The predicted octanol–water partition coefficient (Wildman–Crippen LogP) is 3.71. The molecule has 0 fully saturated rings. The molecule has 0 atom stereocenters. The zero-order chi connectivity index (χ0) is 20.9. The van der Waals surface area contributed by atoms with Crippen molar-refractivity contribution in [2.45, 2.75) is 6.54 Å². The van der Waals surface area contributed by atoms with Crippen molar-refractivity contribution in [1.82, 2.24) is 25.1 Å². The molecule has 2 amide bonds. The zero-order valence-corrected chi connectivity index (χ0v) is 17.3. The number of amides is 2. The lowest BCUT2D eigenvalue weighted by molar-refractivity contribution is 0.251. The van der Waals surface area contributed by atoms with Crippen LogP contribution in [0.15, 0.2) is 82.6 Å². The van der Waals surface area contributed by atoms with Crippen molar-refractivity contribution < 1.29 is 4.79 Å². The lowest BCUT2D eigenvalue weighted by Gasteiger charge is -2.09. The van der Waals surface area contributed by atoms with Gasteiger partial charge in [-0.15, -0.1) is 0 Å². The van der Waals surface area contributed by atoms with Gasteiger partial charge in [0, 0.05) is 47.1 Å². The molecular formula is C21H17BrN6O2. The SMILES string of the molecule is O=C(NCc1ccnc(-n2[nH]cc(-c3cccnc3)c2=O)c1)Nc1ccc(Br)cc1. The molecule has 4 rings (SSSR count). The van der Waals surface area contributed by atoms with Crippen LogP contribution in [0.5, 0.6) is 0 Å². The van der Waals surface area contributed by atoms with Gasteiger partial charge >= 0.3 is 6.03 Å². The Morgan fingerprint density at radius 1 is 1.13 bits per heavy atom. The van der Waals surface area contributed by atoms with E-state index in [2.05, 4.69) is 41.6 Å². The van der Waals surface area contributed by atoms with Crippen molar-refractivity contribution in [3.8, 4) is 16.9 Å². The van der Waals surface area contributed by atoms with Crippen LogP contribution in [0.25, 0.3) is 16.9 Å². The number of carbonyl (C=O) groups excluding carboxylic acids is 1. The Morgan fingerprint density at radius 3 is 2.73 bits per heavy atom. The minimum absolute atomic E-state index is 0.228. The first kappa shape index (κ1) is 19.6. The molecule has 9 heteroatoms. The molecule has 150 valence electrons. The molecule has 0 spiro atoms. The quantitative estimate of drug-likeness (QED) is 0.418. The fourth-order valence-corrected chi connectivity index (χ4v) is 3.12. The van der Waals surface area contributed by atoms with E-state index in [9.17, 15) is 9.59 Å². The van der Waals surface area contributed by atoms with Crippen LogP contribution >= 0.6 is 15.9 Å². The summed E-state index contributed by atoms with van der Waals surface area (Å²) in [4.78, 5) is 33.2. The van der Waals surface area contributed by atoms with E-state index in [-0.39, 0.29) is 18.1 Å². The van der Waals surface area contributed by atoms with Crippen LogP contribution < -0.4 is 16.2 Å². The van der Waals surface area contributed by atoms with Crippen molar-refractivity contribution in [2.75, 3.05) is 5.32 Å². The molecule has 3 aromatic heterocycles. The van der Waals surface area contributed by atoms with Crippen LogP contribution in [0.3, 0.4) is 0 Å². The highest BCUT2D eigenvalue weighted by Gasteiger charge is 2.11. The number of aromatic nitrogens is 4. The molecule has 3 heterocycles. The number of anilines is 1. The van der Waals surface area contributed by atoms with Crippen molar-refractivity contribution in [1.29, 1.82) is 0 Å². The molecular weight excluding hydrogens is 448 g/mol. The van der Waals surface area contributed by atoms with Gasteiger partial charge in [0.2, 0.25) is 0 Å². The summed E-state index contributed by atoms with van der Waals surface area (Å²) < 4.78 is 2.29. The summed E-state index contributed by atoms with van der Waals surface area (Å²) in [7, 11) is 0. The molecule has 0 unspecified atom stereocenters. The fraction of sp³-hybridized carbons (Fsp3) is 0.0476. The monoisotopic (exact) mass is 464 g/mol. The van der Waals surface area contributed by atoms with Crippen LogP contribution in [0.4, 0.5) is 10.5 Å². The summed E-state index contributed by atoms with van der Waals surface area (Å²) in [6.07, 6.45) is 6.50. The second-order valence-corrected chi connectivity index (χ2v) is 7.32. The van der Waals surface area contributed by atoms with E-state index in [1.54, 1.807) is 55.1 Å². The Morgan fingerprint density at radius 2 is 1.97 bits per heavy atom. The molecule has 4 aromatic rings. The van der Waals surface area contributed by atoms with Crippen molar-refractivity contribution >= 4 is 27.6 Å². The van der Waals surface area contributed by atoms with Crippen molar-refractivity contribution in [3.05, 3.63) is 93.7 Å². The summed E-state index contributed by atoms with van der Waals surface area (Å²) >= 11 is 3.35. The average Bonchev–Trinajstić information content (AvgIpc) is 3.16. The highest BCUT2D eigenvalue weighted by molar-refractivity contribution is 9.10. The van der Waals surface area contributed by atoms with E-state index in [1.165, 1.54) is 4.68 Å². The molecule has 0 radical (unpaired) electrons. The molecule has 30 heavy (non-hydrogen) atoms. The van der Waals surface area contributed by atoms with Gasteiger partial charge in [0.15, 0.2) is 5.82 Å². The molecule has 0 aliphatic rings. The highest BCUT2D eigenvalue weighted by Crippen LogP contribution is 2.15. The molecule has 0 saturated heterocycles. The topological polar surface area (TPSA) is 105 Å². The number of nitrogens with zero attached hydrogens (tertiary/aromatic N) is 3. The Labute approximate surface area is 180 Å². The van der Waals surface area contributed by atoms with E-state index in [0.29, 0.717) is 17.1 Å². The smallest absolute Gasteiger partial charge is 0.319 e. The summed E-state index contributed by atoms with van der Waals surface area (Å²) in [6.45, 7) is 0.281. The lowest BCUT2D eigenvalue weighted by atomic mass is 10.2. The molecule has 0 aliphatic heterocycles. The molecule has 0 aliphatic carbocycles. The third-order valence-electron chi connectivity index (χ3n) is 4.34. The van der Waals surface area contributed by atoms with Crippen LogP contribution in [0, 0.1) is 0 Å². The Kier molecular flexibility index (Phi) is 5.71. The van der Waals surface area contributed by atoms with E-state index in [0.717, 1.165) is 15.6 Å². The molecule has 0 bridgehead atoms. The maximum absolute atomic E-state index is 12.8. The highest BCUT2D eigenvalue weighted by atomic mass is 79.9. The lowest BCUT2D eigenvalue weighted by Crippen LogP contribution is -2.28. The molecule has 3 N–H and O–H groups in total. The third-order valence-corrected chi connectivity index (χ3v) is 4.87. The number of nitrogens with one attached hydrogen (secondary N) is 3. The average molecular weight is 465 g/mol. The summed E-state index contributed by atoms with van der Waals surface area (Å²) in [5.41, 5.74) is 2.48. The number of rotatable bonds is 5. The Hall–Kier alpha value is -3.72. The van der Waals surface area contributed by atoms with E-state index >= 15 is 0 Å². The van der Waals surface area contributed by atoms with Crippen molar-refractivity contribution in [3.63, 3.8) is 0 Å². The number of aromatic amines is 1. The number of carbonyl (C=O) groups is 1. The first-order chi connectivity index (χ1) is 14.6. The maximum Gasteiger partial charge on any atom is 0.319 e. The van der Waals surface area contributed by atoms with E-state index in [1.807, 2.05) is 18.2 Å². The molecule has 1 aromatic carbocycles. The van der Waals surface area contributed by atoms with Gasteiger partial charge < -0.3 is 10.6 Å².